The fourth-order valence-corrected chi connectivity index (χ4v) is 4.64. The normalized spacial score (nSPS) is 12.2. The third-order valence-electron chi connectivity index (χ3n) is 4.52. The average Bonchev–Trinajstić information content (AvgIpc) is 2.77. The molecule has 0 aromatic heterocycles. The van der Waals surface area contributed by atoms with Gasteiger partial charge in [-0.15, -0.1) is 0 Å². The molecule has 1 amide bonds. The summed E-state index contributed by atoms with van der Waals surface area (Å²) in [7, 11) is -4.22. The van der Waals surface area contributed by atoms with E-state index in [0.717, 1.165) is 5.56 Å². The summed E-state index contributed by atoms with van der Waals surface area (Å²) in [6.45, 7) is 1.96. The van der Waals surface area contributed by atoms with Gasteiger partial charge in [0.2, 0.25) is 15.9 Å². The van der Waals surface area contributed by atoms with Gasteiger partial charge in [0, 0.05) is 5.02 Å². The molecular weight excluding hydrogens is 455 g/mol. The molecule has 0 saturated carbocycles. The average molecular weight is 477 g/mol. The van der Waals surface area contributed by atoms with E-state index in [-0.39, 0.29) is 34.4 Å². The highest BCUT2D eigenvalue weighted by atomic mass is 35.5. The Morgan fingerprint density at radius 3 is 2.44 bits per heavy atom. The SMILES string of the molecule is CCOc1ccc(Cl)cc1S(=O)(=O)NC(Cc1ccccc1)C(=O)Nc1ccccc1F. The summed E-state index contributed by atoms with van der Waals surface area (Å²) in [5, 5.41) is 2.66. The van der Waals surface area contributed by atoms with Crippen molar-refractivity contribution < 1.29 is 22.3 Å². The molecule has 168 valence electrons. The first-order valence-electron chi connectivity index (χ1n) is 9.84. The van der Waals surface area contributed by atoms with Gasteiger partial charge in [0.05, 0.1) is 12.3 Å². The Morgan fingerprint density at radius 2 is 1.75 bits per heavy atom. The first-order chi connectivity index (χ1) is 15.3. The fraction of sp³-hybridized carbons (Fsp3) is 0.174. The van der Waals surface area contributed by atoms with Crippen molar-refractivity contribution in [2.45, 2.75) is 24.3 Å². The second kappa shape index (κ2) is 10.6. The van der Waals surface area contributed by atoms with Gasteiger partial charge in [0.15, 0.2) is 0 Å². The number of carbonyl (C=O) groups excluding carboxylic acids is 1. The monoisotopic (exact) mass is 476 g/mol. The van der Waals surface area contributed by atoms with Crippen molar-refractivity contribution in [3.05, 3.63) is 89.2 Å². The second-order valence-corrected chi connectivity index (χ2v) is 8.98. The highest BCUT2D eigenvalue weighted by Gasteiger charge is 2.29. The standard InChI is InChI=1S/C23H22ClFN2O4S/c1-2-31-21-13-12-17(24)15-22(21)32(29,30)27-20(14-16-8-4-3-5-9-16)23(28)26-19-11-7-6-10-18(19)25/h3-13,15,20,27H,2,14H2,1H3,(H,26,28). The van der Waals surface area contributed by atoms with Gasteiger partial charge in [0.1, 0.15) is 22.5 Å². The maximum atomic E-state index is 14.0. The Morgan fingerprint density at radius 1 is 1.06 bits per heavy atom. The van der Waals surface area contributed by atoms with Crippen LogP contribution in [0.4, 0.5) is 10.1 Å². The van der Waals surface area contributed by atoms with Crippen molar-refractivity contribution in [3.63, 3.8) is 0 Å². The van der Waals surface area contributed by atoms with Crippen LogP contribution in [0.5, 0.6) is 5.75 Å². The van der Waals surface area contributed by atoms with Crippen LogP contribution in [0.2, 0.25) is 5.02 Å². The molecule has 3 aromatic carbocycles. The third kappa shape index (κ3) is 6.06. The molecule has 0 heterocycles. The van der Waals surface area contributed by atoms with Crippen LogP contribution < -0.4 is 14.8 Å². The minimum atomic E-state index is -4.22. The van der Waals surface area contributed by atoms with E-state index < -0.39 is 27.8 Å². The zero-order valence-corrected chi connectivity index (χ0v) is 18.8. The van der Waals surface area contributed by atoms with Crippen molar-refractivity contribution in [1.29, 1.82) is 0 Å². The summed E-state index contributed by atoms with van der Waals surface area (Å²) in [5.74, 6) is -1.23. The van der Waals surface area contributed by atoms with Crippen LogP contribution in [0.1, 0.15) is 12.5 Å². The van der Waals surface area contributed by atoms with E-state index in [1.807, 2.05) is 6.07 Å². The summed E-state index contributed by atoms with van der Waals surface area (Å²) in [4.78, 5) is 12.8. The highest BCUT2D eigenvalue weighted by molar-refractivity contribution is 7.89. The molecular formula is C23H22ClFN2O4S. The minimum absolute atomic E-state index is 0.0465. The van der Waals surface area contributed by atoms with Crippen molar-refractivity contribution in [1.82, 2.24) is 4.72 Å². The Bertz CT molecular complexity index is 1190. The molecule has 0 saturated heterocycles. The highest BCUT2D eigenvalue weighted by Crippen LogP contribution is 2.28. The lowest BCUT2D eigenvalue weighted by atomic mass is 10.1. The van der Waals surface area contributed by atoms with Crippen LogP contribution in [-0.4, -0.2) is 27.0 Å². The van der Waals surface area contributed by atoms with E-state index in [1.165, 1.54) is 36.4 Å². The maximum Gasteiger partial charge on any atom is 0.245 e. The van der Waals surface area contributed by atoms with Crippen LogP contribution in [0.3, 0.4) is 0 Å². The van der Waals surface area contributed by atoms with Gasteiger partial charge < -0.3 is 10.1 Å². The van der Waals surface area contributed by atoms with E-state index in [9.17, 15) is 17.6 Å². The van der Waals surface area contributed by atoms with Crippen LogP contribution in [0.25, 0.3) is 0 Å². The van der Waals surface area contributed by atoms with E-state index in [4.69, 9.17) is 16.3 Å². The predicted molar refractivity (Wildman–Crippen MR) is 122 cm³/mol. The van der Waals surface area contributed by atoms with Crippen LogP contribution >= 0.6 is 11.6 Å². The lowest BCUT2D eigenvalue weighted by Crippen LogP contribution is -2.45. The first-order valence-corrected chi connectivity index (χ1v) is 11.7. The minimum Gasteiger partial charge on any atom is -0.492 e. The molecule has 6 nitrogen and oxygen atoms in total. The lowest BCUT2D eigenvalue weighted by molar-refractivity contribution is -0.117. The fourth-order valence-electron chi connectivity index (χ4n) is 3.04. The number of ether oxygens (including phenoxy) is 1. The number of rotatable bonds is 9. The van der Waals surface area contributed by atoms with Crippen molar-refractivity contribution in [3.8, 4) is 5.75 Å². The number of amides is 1. The van der Waals surface area contributed by atoms with Gasteiger partial charge in [-0.2, -0.15) is 4.72 Å². The van der Waals surface area contributed by atoms with Crippen LogP contribution in [0, 0.1) is 5.82 Å². The Hall–Kier alpha value is -2.94. The van der Waals surface area contributed by atoms with Gasteiger partial charge >= 0.3 is 0 Å². The summed E-state index contributed by atoms with van der Waals surface area (Å²) in [6.07, 6.45) is 0.0465. The lowest BCUT2D eigenvalue weighted by Gasteiger charge is -2.20. The van der Waals surface area contributed by atoms with Crippen LogP contribution in [-0.2, 0) is 21.2 Å². The van der Waals surface area contributed by atoms with E-state index in [0.29, 0.717) is 0 Å². The molecule has 0 spiro atoms. The molecule has 0 aliphatic carbocycles. The Kier molecular flexibility index (Phi) is 7.84. The van der Waals surface area contributed by atoms with Gasteiger partial charge in [0.25, 0.3) is 0 Å². The predicted octanol–water partition coefficient (Wildman–Crippen LogP) is 4.41. The van der Waals surface area contributed by atoms with Crippen molar-refractivity contribution in [2.24, 2.45) is 0 Å². The number of nitrogens with one attached hydrogen (secondary N) is 2. The van der Waals surface area contributed by atoms with Gasteiger partial charge in [-0.1, -0.05) is 54.1 Å². The topological polar surface area (TPSA) is 84.5 Å². The third-order valence-corrected chi connectivity index (χ3v) is 6.25. The molecule has 32 heavy (non-hydrogen) atoms. The summed E-state index contributed by atoms with van der Waals surface area (Å²) < 4.78 is 48.3. The van der Waals surface area contributed by atoms with E-state index in [2.05, 4.69) is 10.0 Å². The molecule has 0 aliphatic rings. The summed E-state index contributed by atoms with van der Waals surface area (Å²) in [5.41, 5.74) is 0.674. The number of sulfonamides is 1. The molecule has 1 atom stereocenters. The molecule has 3 rings (SSSR count). The molecule has 1 unspecified atom stereocenters. The smallest absolute Gasteiger partial charge is 0.245 e. The zero-order valence-electron chi connectivity index (χ0n) is 17.2. The first kappa shape index (κ1) is 23.7. The van der Waals surface area contributed by atoms with Gasteiger partial charge in [-0.3, -0.25) is 4.79 Å². The number of hydrogen-bond acceptors (Lipinski definition) is 4. The Labute approximate surface area is 191 Å². The van der Waals surface area contributed by atoms with E-state index in [1.54, 1.807) is 37.3 Å². The zero-order chi connectivity index (χ0) is 23.1. The number of anilines is 1. The molecule has 3 aromatic rings. The van der Waals surface area contributed by atoms with Crippen molar-refractivity contribution in [2.75, 3.05) is 11.9 Å². The van der Waals surface area contributed by atoms with Gasteiger partial charge in [-0.05, 0) is 49.2 Å². The quantitative estimate of drug-likeness (QED) is 0.479. The maximum absolute atomic E-state index is 14.0. The number of para-hydroxylation sites is 1. The number of carbonyl (C=O) groups is 1. The summed E-state index contributed by atoms with van der Waals surface area (Å²) >= 11 is 6.01. The molecule has 0 aliphatic heterocycles. The number of hydrogen-bond donors (Lipinski definition) is 2. The molecule has 2 N–H and O–H groups in total. The second-order valence-electron chi connectivity index (χ2n) is 6.86. The molecule has 0 fully saturated rings. The van der Waals surface area contributed by atoms with E-state index >= 15 is 0 Å². The molecule has 0 bridgehead atoms. The Balaban J connectivity index is 1.94. The molecule has 9 heteroatoms. The molecule has 0 radical (unpaired) electrons. The van der Waals surface area contributed by atoms with Crippen molar-refractivity contribution >= 4 is 33.2 Å². The van der Waals surface area contributed by atoms with Gasteiger partial charge in [-0.25, -0.2) is 12.8 Å². The number of benzene rings is 3. The largest absolute Gasteiger partial charge is 0.492 e. The number of halogens is 2. The van der Waals surface area contributed by atoms with Crippen LogP contribution in [0.15, 0.2) is 77.7 Å². The summed E-state index contributed by atoms with van der Waals surface area (Å²) in [6, 6.07) is 17.5.